The summed E-state index contributed by atoms with van der Waals surface area (Å²) < 4.78 is 5.81. The Bertz CT molecular complexity index is 1510. The summed E-state index contributed by atoms with van der Waals surface area (Å²) in [6, 6.07) is 28.3. The summed E-state index contributed by atoms with van der Waals surface area (Å²) in [5.74, 6) is 0.382. The van der Waals surface area contributed by atoms with Crippen LogP contribution >= 0.6 is 0 Å². The standard InChI is InChI=1S/C28H20N4O3/c33-27-22-10-4-8-18-9-5-11-23(24(18)22)28(34)32(27)17-16-29-21-14-12-20(13-15-21)26-31-30-25(35-26)19-6-2-1-3-7-19/h1-15,29H,16-17H2. The van der Waals surface area contributed by atoms with Gasteiger partial charge in [0, 0.05) is 46.4 Å². The Balaban J connectivity index is 1.12. The molecule has 1 N–H and O–H groups in total. The number of carbonyl (C=O) groups excluding carboxylic acids is 2. The SMILES string of the molecule is O=C1c2cccc3cccc(c23)C(=O)N1CCNc1ccc(-c2nnc(-c3ccccc3)o2)cc1. The number of nitrogens with zero attached hydrogens (tertiary/aromatic N) is 3. The van der Waals surface area contributed by atoms with Crippen molar-refractivity contribution in [1.82, 2.24) is 15.1 Å². The summed E-state index contributed by atoms with van der Waals surface area (Å²) in [6.07, 6.45) is 0. The van der Waals surface area contributed by atoms with Gasteiger partial charge in [-0.1, -0.05) is 42.5 Å². The lowest BCUT2D eigenvalue weighted by Crippen LogP contribution is -2.42. The second-order valence-electron chi connectivity index (χ2n) is 8.25. The maximum Gasteiger partial charge on any atom is 0.261 e. The van der Waals surface area contributed by atoms with Crippen LogP contribution in [-0.2, 0) is 0 Å². The highest BCUT2D eigenvalue weighted by Gasteiger charge is 2.32. The van der Waals surface area contributed by atoms with Crippen LogP contribution in [0.2, 0.25) is 0 Å². The van der Waals surface area contributed by atoms with Crippen LogP contribution in [-0.4, -0.2) is 40.0 Å². The number of carbonyl (C=O) groups is 2. The number of nitrogens with one attached hydrogen (secondary N) is 1. The van der Waals surface area contributed by atoms with Crippen LogP contribution < -0.4 is 5.32 Å². The van der Waals surface area contributed by atoms with Gasteiger partial charge in [-0.3, -0.25) is 14.5 Å². The van der Waals surface area contributed by atoms with Crippen molar-refractivity contribution in [2.45, 2.75) is 0 Å². The first kappa shape index (κ1) is 20.8. The van der Waals surface area contributed by atoms with E-state index < -0.39 is 0 Å². The first-order valence-corrected chi connectivity index (χ1v) is 11.3. The summed E-state index contributed by atoms with van der Waals surface area (Å²) in [7, 11) is 0. The summed E-state index contributed by atoms with van der Waals surface area (Å²) in [6.45, 7) is 0.682. The monoisotopic (exact) mass is 460 g/mol. The minimum absolute atomic E-state index is 0.258. The van der Waals surface area contributed by atoms with Gasteiger partial charge in [0.25, 0.3) is 11.8 Å². The van der Waals surface area contributed by atoms with Crippen molar-refractivity contribution in [3.63, 3.8) is 0 Å². The Morgan fingerprint density at radius 3 is 1.91 bits per heavy atom. The molecule has 170 valence electrons. The zero-order valence-corrected chi connectivity index (χ0v) is 18.6. The van der Waals surface area contributed by atoms with E-state index in [9.17, 15) is 9.59 Å². The molecule has 2 heterocycles. The minimum atomic E-state index is -0.262. The Morgan fingerprint density at radius 1 is 0.686 bits per heavy atom. The number of anilines is 1. The molecule has 1 aromatic heterocycles. The van der Waals surface area contributed by atoms with E-state index >= 15 is 0 Å². The van der Waals surface area contributed by atoms with E-state index in [2.05, 4.69) is 15.5 Å². The van der Waals surface area contributed by atoms with Gasteiger partial charge < -0.3 is 9.73 Å². The average molecular weight is 460 g/mol. The Labute approximate surface area is 201 Å². The maximum atomic E-state index is 13.0. The smallest absolute Gasteiger partial charge is 0.261 e. The van der Waals surface area contributed by atoms with Crippen molar-refractivity contribution in [1.29, 1.82) is 0 Å². The van der Waals surface area contributed by atoms with Gasteiger partial charge in [0.1, 0.15) is 0 Å². The first-order valence-electron chi connectivity index (χ1n) is 11.3. The topological polar surface area (TPSA) is 88.3 Å². The lowest BCUT2D eigenvalue weighted by atomic mass is 9.94. The second-order valence-corrected chi connectivity index (χ2v) is 8.25. The Hall–Kier alpha value is -4.78. The van der Waals surface area contributed by atoms with Crippen molar-refractivity contribution in [3.8, 4) is 22.9 Å². The van der Waals surface area contributed by atoms with Crippen LogP contribution in [0.15, 0.2) is 95.4 Å². The van der Waals surface area contributed by atoms with E-state index in [0.29, 0.717) is 29.5 Å². The summed E-state index contributed by atoms with van der Waals surface area (Å²) in [5, 5.41) is 13.2. The molecule has 0 fully saturated rings. The third kappa shape index (κ3) is 3.73. The lowest BCUT2D eigenvalue weighted by Gasteiger charge is -2.27. The molecule has 0 spiro atoms. The van der Waals surface area contributed by atoms with Crippen LogP contribution in [0.1, 0.15) is 20.7 Å². The van der Waals surface area contributed by atoms with Crippen LogP contribution in [0, 0.1) is 0 Å². The van der Waals surface area contributed by atoms with Gasteiger partial charge in [0.05, 0.1) is 0 Å². The van der Waals surface area contributed by atoms with E-state index in [1.165, 1.54) is 4.90 Å². The highest BCUT2D eigenvalue weighted by atomic mass is 16.4. The number of benzene rings is 4. The number of hydrogen-bond acceptors (Lipinski definition) is 6. The van der Waals surface area contributed by atoms with Gasteiger partial charge in [0.15, 0.2) is 0 Å². The van der Waals surface area contributed by atoms with Gasteiger partial charge >= 0.3 is 0 Å². The molecule has 7 nitrogen and oxygen atoms in total. The summed E-state index contributed by atoms with van der Waals surface area (Å²) in [4.78, 5) is 27.3. The van der Waals surface area contributed by atoms with Gasteiger partial charge in [-0.15, -0.1) is 10.2 Å². The van der Waals surface area contributed by atoms with E-state index in [4.69, 9.17) is 4.42 Å². The van der Waals surface area contributed by atoms with Gasteiger partial charge in [-0.25, -0.2) is 0 Å². The number of rotatable bonds is 6. The molecule has 7 heteroatoms. The summed E-state index contributed by atoms with van der Waals surface area (Å²) >= 11 is 0. The quantitative estimate of drug-likeness (QED) is 0.348. The van der Waals surface area contributed by atoms with Crippen molar-refractivity contribution in [2.75, 3.05) is 18.4 Å². The molecule has 0 saturated carbocycles. The molecule has 2 amide bonds. The molecule has 1 aliphatic rings. The number of amides is 2. The molecule has 0 atom stereocenters. The van der Waals surface area contributed by atoms with Crippen molar-refractivity contribution < 1.29 is 14.0 Å². The second kappa shape index (κ2) is 8.53. The molecule has 4 aromatic carbocycles. The number of imide groups is 1. The third-order valence-electron chi connectivity index (χ3n) is 6.10. The van der Waals surface area contributed by atoms with Gasteiger partial charge in [-0.2, -0.15) is 0 Å². The molecule has 0 unspecified atom stereocenters. The molecule has 35 heavy (non-hydrogen) atoms. The van der Waals surface area contributed by atoms with E-state index in [0.717, 1.165) is 27.6 Å². The molecule has 1 aliphatic heterocycles. The van der Waals surface area contributed by atoms with Crippen LogP contribution in [0.25, 0.3) is 33.7 Å². The first-order chi connectivity index (χ1) is 17.2. The van der Waals surface area contributed by atoms with Gasteiger partial charge in [-0.05, 0) is 53.9 Å². The fourth-order valence-electron chi connectivity index (χ4n) is 4.36. The predicted octanol–water partition coefficient (Wildman–Crippen LogP) is 5.26. The van der Waals surface area contributed by atoms with E-state index in [1.54, 1.807) is 12.1 Å². The largest absolute Gasteiger partial charge is 0.416 e. The molecule has 0 radical (unpaired) electrons. The fourth-order valence-corrected chi connectivity index (χ4v) is 4.36. The third-order valence-corrected chi connectivity index (χ3v) is 6.10. The highest BCUT2D eigenvalue weighted by Crippen LogP contribution is 2.30. The van der Waals surface area contributed by atoms with Crippen LogP contribution in [0.5, 0.6) is 0 Å². The Kier molecular flexibility index (Phi) is 5.07. The van der Waals surface area contributed by atoms with Crippen LogP contribution in [0.3, 0.4) is 0 Å². The number of aromatic nitrogens is 2. The number of hydrogen-bond donors (Lipinski definition) is 1. The average Bonchev–Trinajstić information content (AvgIpc) is 3.40. The highest BCUT2D eigenvalue weighted by molar-refractivity contribution is 6.25. The molecule has 6 rings (SSSR count). The molecular formula is C28H20N4O3. The molecule has 0 aliphatic carbocycles. The lowest BCUT2D eigenvalue weighted by molar-refractivity contribution is 0.0617. The van der Waals surface area contributed by atoms with Crippen molar-refractivity contribution in [3.05, 3.63) is 102 Å². The Morgan fingerprint density at radius 2 is 1.29 bits per heavy atom. The molecule has 0 saturated heterocycles. The van der Waals surface area contributed by atoms with E-state index in [1.807, 2.05) is 78.9 Å². The normalized spacial score (nSPS) is 12.9. The van der Waals surface area contributed by atoms with Crippen LogP contribution in [0.4, 0.5) is 5.69 Å². The molecular weight excluding hydrogens is 440 g/mol. The van der Waals surface area contributed by atoms with E-state index in [-0.39, 0.29) is 18.4 Å². The molecule has 5 aromatic rings. The predicted molar refractivity (Wildman–Crippen MR) is 133 cm³/mol. The molecule has 0 bridgehead atoms. The van der Waals surface area contributed by atoms with Gasteiger partial charge in [0.2, 0.25) is 11.8 Å². The maximum absolute atomic E-state index is 13.0. The fraction of sp³-hybridized carbons (Fsp3) is 0.0714. The minimum Gasteiger partial charge on any atom is -0.416 e. The van der Waals surface area contributed by atoms with Crippen molar-refractivity contribution >= 4 is 28.3 Å². The zero-order chi connectivity index (χ0) is 23.8. The summed E-state index contributed by atoms with van der Waals surface area (Å²) in [5.41, 5.74) is 3.66. The zero-order valence-electron chi connectivity index (χ0n) is 18.6. The van der Waals surface area contributed by atoms with Crippen molar-refractivity contribution in [2.24, 2.45) is 0 Å².